The number of aliphatic imine (C=N–C) groups is 1. The van der Waals surface area contributed by atoms with Crippen molar-refractivity contribution >= 4 is 139 Å². The Morgan fingerprint density at radius 1 is 0.727 bits per heavy atom. The number of benzene rings is 4. The zero-order chi connectivity index (χ0) is 96.9. The summed E-state index contributed by atoms with van der Waals surface area (Å²) in [6, 6.07) is 26.1. The molecule has 43 heteroatoms. The number of fused-ring (bicyclic) bond motifs is 6. The number of amides is 4. The Kier molecular flexibility index (Phi) is 35.3. The molecule has 4 amide bonds. The number of carboxylic acids is 4. The van der Waals surface area contributed by atoms with Gasteiger partial charge in [-0.2, -0.15) is 4.98 Å². The third-order valence-electron chi connectivity index (χ3n) is 23.8. The van der Waals surface area contributed by atoms with E-state index in [2.05, 4.69) is 51.5 Å². The second-order valence-electron chi connectivity index (χ2n) is 33.1. The number of guanidine groups is 1. The van der Waals surface area contributed by atoms with Crippen molar-refractivity contribution in [3.05, 3.63) is 171 Å². The van der Waals surface area contributed by atoms with Gasteiger partial charge in [-0.15, -0.1) is 0 Å². The standard InChI is InChI=1S/C53H61NO16S2.C36H46N12O12/c1-29(46(59)60)27-72-71-24-23-65-49(63)68-37-25-38-52(28-66-38,70-32(4)55)42-44(69-47(61)35-21-15-10-16-22-35)53(64)26-36(30(2)39(50(53,5)6)31(3)43(57)51(37,42)7)67-48(62)41(56)40(33-17-11-8-12-18-33)54-45(58)34-19-13-9-14-20-34;1-40-30(55)19(14-27(53)54)12-25(50)23(3-2-10-41-35(37)38)45-32(57)18(13-26(51)52)11-22(49)8-9-24(34(59)60)46-31(56)17-4-6-20(7-5-17)42-15-21-16-43-29-28(44-21)33(58)48-36(39)47-29/h8-22,29,31,36-38,40-42,44,56,64H,23-28H2,1-7H3,(H,54,58)(H,59,60);4-7,16,18-19,23-24,42H,2-3,8-15H2,1H3,(H,40,55)(H,45,57)(H,46,56)(H,51,52)(H,53,54)(H,59,60)(H4,37,38,41)(H3,39,43,47,48,58)/t29-,31+,36-,37-,38+,40-,41+,42?,44-,51+,52-,53+;18-,19-,23-,24-/m00/s1. The molecule has 41 nitrogen and oxygen atoms in total. The maximum absolute atomic E-state index is 15.9. The second-order valence-corrected chi connectivity index (χ2v) is 35.7. The average Bonchev–Trinajstić information content (AvgIpc) is 0.666. The number of ether oxygens (including phenoxy) is 6. The molecule has 132 heavy (non-hydrogen) atoms. The lowest BCUT2D eigenvalue weighted by atomic mass is 9.43. The Labute approximate surface area is 763 Å². The molecule has 708 valence electrons. The highest BCUT2D eigenvalue weighted by molar-refractivity contribution is 8.76. The molecule has 1 saturated heterocycles. The maximum Gasteiger partial charge on any atom is 0.508 e. The molecule has 4 aliphatic rings. The summed E-state index contributed by atoms with van der Waals surface area (Å²) >= 11 is 0. The number of Topliss-reactive ketones (excluding diaryl/α,β-unsaturated/α-hetero) is 3. The van der Waals surface area contributed by atoms with E-state index in [0.717, 1.165) is 0 Å². The highest BCUT2D eigenvalue weighted by Gasteiger charge is 2.78. The third-order valence-corrected chi connectivity index (χ3v) is 26.3. The Bertz CT molecular complexity index is 5400. The first kappa shape index (κ1) is 102. The third kappa shape index (κ3) is 25.3. The van der Waals surface area contributed by atoms with Crippen LogP contribution in [0.4, 0.5) is 16.4 Å². The van der Waals surface area contributed by atoms with E-state index in [4.69, 9.17) is 45.6 Å². The van der Waals surface area contributed by atoms with Gasteiger partial charge in [-0.1, -0.05) is 116 Å². The molecule has 3 aliphatic carbocycles. The summed E-state index contributed by atoms with van der Waals surface area (Å²) in [5.74, 6) is -19.0. The van der Waals surface area contributed by atoms with Crippen molar-refractivity contribution in [1.29, 1.82) is 0 Å². The van der Waals surface area contributed by atoms with E-state index in [-0.39, 0.29) is 91.1 Å². The summed E-state index contributed by atoms with van der Waals surface area (Å²) in [4.78, 5) is 227. The van der Waals surface area contributed by atoms with Crippen LogP contribution in [0.1, 0.15) is 161 Å². The smallest absolute Gasteiger partial charge is 0.481 e. The molecule has 1 unspecified atom stereocenters. The van der Waals surface area contributed by atoms with Crippen molar-refractivity contribution < 1.29 is 131 Å². The number of nitrogens with two attached hydrogens (primary N) is 3. The van der Waals surface area contributed by atoms with Crippen LogP contribution < -0.4 is 49.3 Å². The Morgan fingerprint density at radius 2 is 1.34 bits per heavy atom. The molecule has 0 radical (unpaired) electrons. The van der Waals surface area contributed by atoms with E-state index in [9.17, 15) is 103 Å². The number of aliphatic hydroxyl groups is 2. The van der Waals surface area contributed by atoms with Crippen molar-refractivity contribution in [2.75, 3.05) is 49.4 Å². The molecule has 3 fully saturated rings. The molecule has 2 bridgehead atoms. The number of carbonyl (C=O) groups excluding carboxylic acids is 11. The summed E-state index contributed by atoms with van der Waals surface area (Å²) in [6.45, 7) is 10.6. The summed E-state index contributed by atoms with van der Waals surface area (Å²) in [6.07, 6.45) is -11.7. The number of hydrogen-bond donors (Lipinski definition) is 15. The van der Waals surface area contributed by atoms with Crippen LogP contribution in [0.5, 0.6) is 0 Å². The number of aromatic amines is 1. The number of esters is 3. The number of nitrogen functional groups attached to an aromatic ring is 1. The number of nitrogens with one attached hydrogen (secondary N) is 6. The molecule has 4 aromatic carbocycles. The van der Waals surface area contributed by atoms with E-state index >= 15 is 4.79 Å². The van der Waals surface area contributed by atoms with Crippen LogP contribution >= 0.6 is 21.6 Å². The van der Waals surface area contributed by atoms with Gasteiger partial charge in [0.2, 0.25) is 17.8 Å². The van der Waals surface area contributed by atoms with Gasteiger partial charge in [0.15, 0.2) is 34.6 Å². The first-order valence-electron chi connectivity index (χ1n) is 42.0. The first-order valence-corrected chi connectivity index (χ1v) is 44.5. The highest BCUT2D eigenvalue weighted by Crippen LogP contribution is 2.66. The number of carbonyl (C=O) groups is 15. The number of aliphatic carboxylic acids is 4. The van der Waals surface area contributed by atoms with Gasteiger partial charge in [0, 0.05) is 92.3 Å². The number of aliphatic hydroxyl groups excluding tert-OH is 1. The van der Waals surface area contributed by atoms with Gasteiger partial charge in [-0.05, 0) is 98.4 Å². The number of H-pyrrole nitrogens is 1. The normalized spacial score (nSPS) is 21.9. The zero-order valence-electron chi connectivity index (χ0n) is 73.4. The number of rotatable bonds is 42. The predicted molar refractivity (Wildman–Crippen MR) is 474 cm³/mol. The molecule has 6 aromatic rings. The molecule has 16 atom stereocenters. The van der Waals surface area contributed by atoms with Gasteiger partial charge in [0.05, 0.1) is 84.6 Å². The Balaban J connectivity index is 0.000000303. The van der Waals surface area contributed by atoms with Crippen molar-refractivity contribution in [3.8, 4) is 0 Å². The minimum Gasteiger partial charge on any atom is -0.481 e. The number of aromatic nitrogens is 4. The topological polar surface area (TPSA) is 655 Å². The van der Waals surface area contributed by atoms with Crippen LogP contribution in [0.3, 0.4) is 0 Å². The van der Waals surface area contributed by atoms with Gasteiger partial charge in [-0.25, -0.2) is 29.1 Å². The largest absolute Gasteiger partial charge is 0.508 e. The molecule has 18 N–H and O–H groups in total. The Morgan fingerprint density at radius 3 is 1.93 bits per heavy atom. The van der Waals surface area contributed by atoms with Crippen LogP contribution in [0.15, 0.2) is 142 Å². The average molecular weight is 1870 g/mol. The summed E-state index contributed by atoms with van der Waals surface area (Å²) in [5, 5.41) is 76.4. The maximum atomic E-state index is 15.9. The van der Waals surface area contributed by atoms with Gasteiger partial charge in [0.1, 0.15) is 54.2 Å². The molecule has 10 rings (SSSR count). The minimum absolute atomic E-state index is 0.00691. The van der Waals surface area contributed by atoms with E-state index < -0.39 is 240 Å². The lowest BCUT2D eigenvalue weighted by molar-refractivity contribution is -0.345. The highest BCUT2D eigenvalue weighted by atomic mass is 33.1. The monoisotopic (exact) mass is 1870 g/mol. The SMILES string of the molecule is CC(=O)O[C@@]12CO[C@@H]1C[C@H](OC(=O)OCCSSC[C@H](C)C(=O)O)[C@@]1(C)C(=O)[C@H](C)C3=C(C)[C@@H](OC(=O)[C@H](O)[C@@H](NC(=O)c4ccccc4)c4ccccc4)C[C@@](O)([C@@H](OC(=O)c4ccccc4)C12)C3(C)C.CNC(=O)[C@H](CC(=O)O)CC(=O)[C@H](CCCN=C(N)N)NC(=O)[C@H](CC(=O)O)CC(=O)CC[C@H](NC(=O)c1ccc(NCc2cnc3nc(N)[nH]c(=O)c3n2)cc1)C(=O)O. The van der Waals surface area contributed by atoms with Gasteiger partial charge in [0.25, 0.3) is 17.4 Å². The van der Waals surface area contributed by atoms with Crippen molar-refractivity contribution in [3.63, 3.8) is 0 Å². The van der Waals surface area contributed by atoms with E-state index in [1.165, 1.54) is 85.1 Å². The molecule has 0 spiro atoms. The van der Waals surface area contributed by atoms with Crippen LogP contribution in [0.2, 0.25) is 0 Å². The Hall–Kier alpha value is -13.3. The van der Waals surface area contributed by atoms with Crippen molar-refractivity contribution in [2.45, 2.75) is 179 Å². The number of anilines is 2. The molecule has 2 aromatic heterocycles. The molecular weight excluding hydrogens is 1760 g/mol. The van der Waals surface area contributed by atoms with Crippen molar-refractivity contribution in [2.24, 2.45) is 56.9 Å². The van der Waals surface area contributed by atoms with Gasteiger partial charge >= 0.3 is 47.9 Å². The molecule has 3 heterocycles. The van der Waals surface area contributed by atoms with Crippen LogP contribution in [-0.2, 0) is 87.7 Å². The first-order chi connectivity index (χ1) is 62.4. The summed E-state index contributed by atoms with van der Waals surface area (Å²) in [5.41, 5.74) is 10.6. The van der Waals surface area contributed by atoms with Crippen molar-refractivity contribution in [1.82, 2.24) is 41.2 Å². The number of nitrogens with zero attached hydrogens (tertiary/aromatic N) is 4. The van der Waals surface area contributed by atoms with E-state index in [1.54, 1.807) is 113 Å². The molecular formula is C89H107N13O28S2. The van der Waals surface area contributed by atoms with Crippen LogP contribution in [0, 0.1) is 40.4 Å². The van der Waals surface area contributed by atoms with Crippen LogP contribution in [0.25, 0.3) is 11.2 Å². The fourth-order valence-electron chi connectivity index (χ4n) is 17.0. The van der Waals surface area contributed by atoms with Gasteiger partial charge < -0.3 is 103 Å². The lowest BCUT2D eigenvalue weighted by Gasteiger charge is -2.67. The molecule has 1 aliphatic heterocycles. The van der Waals surface area contributed by atoms with Gasteiger partial charge in [-0.3, -0.25) is 67.5 Å². The predicted octanol–water partition coefficient (Wildman–Crippen LogP) is 4.96. The second kappa shape index (κ2) is 45.5. The minimum atomic E-state index is -2.31. The summed E-state index contributed by atoms with van der Waals surface area (Å²) < 4.78 is 36.6. The number of hydrogen-bond acceptors (Lipinski definition) is 32. The fraction of sp³-hybridized carbons (Fsp3) is 0.461. The molecule has 2 saturated carbocycles. The summed E-state index contributed by atoms with van der Waals surface area (Å²) in [7, 11) is 3.85. The lowest BCUT2D eigenvalue weighted by Crippen LogP contribution is -2.81. The van der Waals surface area contributed by atoms with E-state index in [0.29, 0.717) is 33.8 Å². The fourth-order valence-corrected chi connectivity index (χ4v) is 19.1. The zero-order valence-corrected chi connectivity index (χ0v) is 75.0. The quantitative estimate of drug-likeness (QED) is 0.00458. The van der Waals surface area contributed by atoms with Crippen LogP contribution in [-0.4, -0.2) is 238 Å². The van der Waals surface area contributed by atoms with E-state index in [1.807, 2.05) is 0 Å². The number of ketones is 3. The number of carboxylic acid groups (broad SMARTS) is 4.